The number of benzene rings is 1. The molecule has 2 heterocycles. The van der Waals surface area contributed by atoms with Crippen molar-refractivity contribution in [1.29, 1.82) is 0 Å². The van der Waals surface area contributed by atoms with E-state index in [2.05, 4.69) is 47.5 Å². The summed E-state index contributed by atoms with van der Waals surface area (Å²) in [5, 5.41) is 3.44. The number of carbonyl (C=O) groups excluding carboxylic acids is 1. The van der Waals surface area contributed by atoms with Gasteiger partial charge in [-0.3, -0.25) is 4.79 Å². The predicted molar refractivity (Wildman–Crippen MR) is 104 cm³/mol. The SMILES string of the molecule is CCC(c1ccccc1)C1CCCN1C(=O)C1CC12CCNCC2.Cl. The van der Waals surface area contributed by atoms with E-state index in [4.69, 9.17) is 0 Å². The maximum atomic E-state index is 13.2. The molecule has 1 saturated carbocycles. The Bertz CT molecular complexity index is 585. The van der Waals surface area contributed by atoms with Crippen LogP contribution >= 0.6 is 12.4 Å². The number of rotatable bonds is 4. The van der Waals surface area contributed by atoms with Crippen LogP contribution in [0.2, 0.25) is 0 Å². The maximum absolute atomic E-state index is 13.2. The molecule has 3 nitrogen and oxygen atoms in total. The van der Waals surface area contributed by atoms with E-state index in [-0.39, 0.29) is 12.4 Å². The lowest BCUT2D eigenvalue weighted by Crippen LogP contribution is -2.41. The second kappa shape index (κ2) is 7.67. The van der Waals surface area contributed by atoms with Gasteiger partial charge in [-0.05, 0) is 62.6 Å². The molecule has 138 valence electrons. The van der Waals surface area contributed by atoms with Gasteiger partial charge in [0.25, 0.3) is 0 Å². The fraction of sp³-hybridized carbons (Fsp3) is 0.667. The van der Waals surface area contributed by atoms with Crippen molar-refractivity contribution in [2.24, 2.45) is 11.3 Å². The van der Waals surface area contributed by atoms with Gasteiger partial charge in [-0.1, -0.05) is 37.3 Å². The number of piperidine rings is 1. The Hall–Kier alpha value is -1.06. The normalized spacial score (nSPS) is 28.4. The zero-order valence-electron chi connectivity index (χ0n) is 15.2. The molecular weight excluding hydrogens is 332 g/mol. The van der Waals surface area contributed by atoms with Gasteiger partial charge in [-0.15, -0.1) is 12.4 Å². The molecule has 1 spiro atoms. The zero-order chi connectivity index (χ0) is 16.6. The Morgan fingerprint density at radius 2 is 2.00 bits per heavy atom. The number of nitrogens with zero attached hydrogens (tertiary/aromatic N) is 1. The molecule has 4 rings (SSSR count). The van der Waals surface area contributed by atoms with Gasteiger partial charge in [0.2, 0.25) is 5.91 Å². The van der Waals surface area contributed by atoms with Crippen molar-refractivity contribution in [3.8, 4) is 0 Å². The smallest absolute Gasteiger partial charge is 0.226 e. The Kier molecular flexibility index (Phi) is 5.75. The van der Waals surface area contributed by atoms with Gasteiger partial charge in [0, 0.05) is 24.4 Å². The van der Waals surface area contributed by atoms with Crippen LogP contribution in [0.1, 0.15) is 56.9 Å². The van der Waals surface area contributed by atoms with Crippen molar-refractivity contribution in [1.82, 2.24) is 10.2 Å². The lowest BCUT2D eigenvalue weighted by molar-refractivity contribution is -0.134. The summed E-state index contributed by atoms with van der Waals surface area (Å²) in [5.74, 6) is 1.27. The summed E-state index contributed by atoms with van der Waals surface area (Å²) in [6, 6.07) is 11.2. The van der Waals surface area contributed by atoms with E-state index in [1.165, 1.54) is 31.2 Å². The summed E-state index contributed by atoms with van der Waals surface area (Å²) < 4.78 is 0. The highest BCUT2D eigenvalue weighted by molar-refractivity contribution is 5.85. The lowest BCUT2D eigenvalue weighted by atomic mass is 9.87. The number of hydrogen-bond acceptors (Lipinski definition) is 2. The van der Waals surface area contributed by atoms with Crippen molar-refractivity contribution in [2.75, 3.05) is 19.6 Å². The summed E-state index contributed by atoms with van der Waals surface area (Å²) in [6.07, 6.45) is 6.97. The number of hydrogen-bond donors (Lipinski definition) is 1. The molecule has 2 saturated heterocycles. The van der Waals surface area contributed by atoms with E-state index in [0.29, 0.717) is 29.2 Å². The van der Waals surface area contributed by atoms with E-state index in [1.54, 1.807) is 0 Å². The molecule has 1 N–H and O–H groups in total. The van der Waals surface area contributed by atoms with Crippen molar-refractivity contribution in [3.63, 3.8) is 0 Å². The minimum Gasteiger partial charge on any atom is -0.339 e. The molecule has 0 aromatic heterocycles. The fourth-order valence-electron chi connectivity index (χ4n) is 5.29. The molecule has 4 heteroatoms. The summed E-state index contributed by atoms with van der Waals surface area (Å²) in [5.41, 5.74) is 1.75. The molecule has 0 bridgehead atoms. The van der Waals surface area contributed by atoms with Crippen LogP contribution in [0.4, 0.5) is 0 Å². The minimum atomic E-state index is 0. The van der Waals surface area contributed by atoms with E-state index in [0.717, 1.165) is 32.5 Å². The second-order valence-electron chi connectivity index (χ2n) is 8.04. The van der Waals surface area contributed by atoms with Gasteiger partial charge in [-0.25, -0.2) is 0 Å². The Balaban J connectivity index is 0.00000182. The van der Waals surface area contributed by atoms with Gasteiger partial charge in [0.1, 0.15) is 0 Å². The third-order valence-corrected chi connectivity index (χ3v) is 6.80. The first-order valence-corrected chi connectivity index (χ1v) is 9.81. The van der Waals surface area contributed by atoms with E-state index >= 15 is 0 Å². The first-order chi connectivity index (χ1) is 11.7. The third-order valence-electron chi connectivity index (χ3n) is 6.80. The summed E-state index contributed by atoms with van der Waals surface area (Å²) >= 11 is 0. The van der Waals surface area contributed by atoms with Gasteiger partial charge in [0.05, 0.1) is 0 Å². The van der Waals surface area contributed by atoms with Crippen LogP contribution in [-0.4, -0.2) is 36.5 Å². The Morgan fingerprint density at radius 1 is 1.28 bits per heavy atom. The largest absolute Gasteiger partial charge is 0.339 e. The Labute approximate surface area is 158 Å². The topological polar surface area (TPSA) is 32.3 Å². The van der Waals surface area contributed by atoms with E-state index in [1.807, 2.05) is 0 Å². The summed E-state index contributed by atoms with van der Waals surface area (Å²) in [6.45, 7) is 5.42. The van der Waals surface area contributed by atoms with Crippen LogP contribution in [0, 0.1) is 11.3 Å². The van der Waals surface area contributed by atoms with Crippen LogP contribution in [0.15, 0.2) is 30.3 Å². The molecule has 3 aliphatic rings. The van der Waals surface area contributed by atoms with Gasteiger partial charge < -0.3 is 10.2 Å². The van der Waals surface area contributed by atoms with Crippen LogP contribution in [0.3, 0.4) is 0 Å². The Morgan fingerprint density at radius 3 is 2.68 bits per heavy atom. The molecule has 1 amide bonds. The number of halogens is 1. The van der Waals surface area contributed by atoms with Crippen molar-refractivity contribution >= 4 is 18.3 Å². The monoisotopic (exact) mass is 362 g/mol. The molecule has 3 atom stereocenters. The van der Waals surface area contributed by atoms with Gasteiger partial charge in [-0.2, -0.15) is 0 Å². The van der Waals surface area contributed by atoms with Crippen LogP contribution in [0.5, 0.6) is 0 Å². The molecule has 3 unspecified atom stereocenters. The number of carbonyl (C=O) groups is 1. The van der Waals surface area contributed by atoms with Gasteiger partial charge >= 0.3 is 0 Å². The molecule has 1 aromatic rings. The fourth-order valence-corrected chi connectivity index (χ4v) is 5.29. The van der Waals surface area contributed by atoms with Crippen molar-refractivity contribution < 1.29 is 4.79 Å². The zero-order valence-corrected chi connectivity index (χ0v) is 16.1. The summed E-state index contributed by atoms with van der Waals surface area (Å²) in [4.78, 5) is 15.5. The van der Waals surface area contributed by atoms with Gasteiger partial charge in [0.15, 0.2) is 0 Å². The molecule has 0 radical (unpaired) electrons. The van der Waals surface area contributed by atoms with Crippen LogP contribution in [0.25, 0.3) is 0 Å². The standard InChI is InChI=1S/C21H30N2O.ClH/c1-2-17(16-7-4-3-5-8-16)19-9-6-14-23(19)20(24)18-15-21(18)10-12-22-13-11-21;/h3-5,7-8,17-19,22H,2,6,9-15H2,1H3;1H. The van der Waals surface area contributed by atoms with Crippen LogP contribution < -0.4 is 5.32 Å². The molecule has 25 heavy (non-hydrogen) atoms. The van der Waals surface area contributed by atoms with Crippen molar-refractivity contribution in [2.45, 2.75) is 57.4 Å². The lowest BCUT2D eigenvalue weighted by Gasteiger charge is -2.33. The first-order valence-electron chi connectivity index (χ1n) is 9.81. The highest BCUT2D eigenvalue weighted by Gasteiger charge is 2.59. The molecule has 2 aliphatic heterocycles. The van der Waals surface area contributed by atoms with Crippen molar-refractivity contribution in [3.05, 3.63) is 35.9 Å². The summed E-state index contributed by atoms with van der Waals surface area (Å²) in [7, 11) is 0. The third kappa shape index (κ3) is 3.46. The highest BCUT2D eigenvalue weighted by Crippen LogP contribution is 2.59. The average molecular weight is 363 g/mol. The predicted octanol–water partition coefficient (Wildman–Crippen LogP) is 3.98. The highest BCUT2D eigenvalue weighted by atomic mass is 35.5. The van der Waals surface area contributed by atoms with E-state index in [9.17, 15) is 4.79 Å². The molecular formula is C21H31ClN2O. The quantitative estimate of drug-likeness (QED) is 0.878. The minimum absolute atomic E-state index is 0. The molecule has 1 aliphatic carbocycles. The van der Waals surface area contributed by atoms with Crippen LogP contribution in [-0.2, 0) is 4.79 Å². The first kappa shape index (κ1) is 18.7. The molecule has 3 fully saturated rings. The number of nitrogens with one attached hydrogen (secondary N) is 1. The number of amides is 1. The number of likely N-dealkylation sites (tertiary alicyclic amines) is 1. The maximum Gasteiger partial charge on any atom is 0.226 e. The second-order valence-corrected chi connectivity index (χ2v) is 8.04. The average Bonchev–Trinajstić information content (AvgIpc) is 3.09. The molecule has 1 aromatic carbocycles. The van der Waals surface area contributed by atoms with E-state index < -0.39 is 0 Å².